The number of hydrogen-bond donors (Lipinski definition) is 1. The molecule has 0 aromatic heterocycles. The molecule has 0 spiro atoms. The Labute approximate surface area is 175 Å². The van der Waals surface area contributed by atoms with E-state index in [1.807, 2.05) is 30.0 Å². The molecule has 150 valence electrons. The first kappa shape index (κ1) is 22.0. The molecule has 0 aliphatic rings. The van der Waals surface area contributed by atoms with Crippen LogP contribution in [0.5, 0.6) is 5.75 Å². The highest BCUT2D eigenvalue weighted by Crippen LogP contribution is 2.22. The molecule has 0 heterocycles. The van der Waals surface area contributed by atoms with Gasteiger partial charge in [-0.05, 0) is 61.7 Å². The van der Waals surface area contributed by atoms with Crippen LogP contribution < -0.4 is 10.1 Å². The van der Waals surface area contributed by atoms with Gasteiger partial charge >= 0.3 is 0 Å². The van der Waals surface area contributed by atoms with E-state index in [1.165, 1.54) is 0 Å². The molecule has 0 bridgehead atoms. The van der Waals surface area contributed by atoms with Gasteiger partial charge in [0.2, 0.25) is 0 Å². The second-order valence-corrected chi connectivity index (χ2v) is 7.54. The Morgan fingerprint density at radius 3 is 2.43 bits per heavy atom. The van der Waals surface area contributed by atoms with Crippen molar-refractivity contribution in [3.05, 3.63) is 58.1 Å². The predicted octanol–water partition coefficient (Wildman–Crippen LogP) is 5.04. The maximum atomic E-state index is 12.7. The van der Waals surface area contributed by atoms with Crippen LogP contribution in [-0.2, 0) is 4.79 Å². The van der Waals surface area contributed by atoms with Crippen molar-refractivity contribution in [2.75, 3.05) is 25.0 Å². The van der Waals surface area contributed by atoms with E-state index in [2.05, 4.69) is 35.1 Å². The molecule has 0 saturated heterocycles. The van der Waals surface area contributed by atoms with Gasteiger partial charge in [0, 0.05) is 28.8 Å². The van der Waals surface area contributed by atoms with E-state index < -0.39 is 0 Å². The maximum Gasteiger partial charge on any atom is 0.262 e. The number of anilines is 1. The summed E-state index contributed by atoms with van der Waals surface area (Å²) in [6, 6.07) is 12.7. The van der Waals surface area contributed by atoms with Gasteiger partial charge in [-0.25, -0.2) is 0 Å². The Hall–Kier alpha value is -2.34. The first-order valence-electron chi connectivity index (χ1n) is 9.52. The van der Waals surface area contributed by atoms with E-state index in [0.29, 0.717) is 17.0 Å². The van der Waals surface area contributed by atoms with E-state index in [1.54, 1.807) is 24.3 Å². The highest BCUT2D eigenvalue weighted by molar-refractivity contribution is 9.10. The standard InChI is InChI=1S/C22H27BrN2O3/c1-4-11-25(12-5-2)22(27)17-7-6-8-19(14-17)24-21(26)15-28-20-10-9-18(23)13-16(20)3/h6-10,13-14H,4-5,11-12,15H2,1-3H3,(H,24,26). The summed E-state index contributed by atoms with van der Waals surface area (Å²) in [5.74, 6) is 0.379. The number of ether oxygens (including phenoxy) is 1. The molecule has 0 aliphatic carbocycles. The Morgan fingerprint density at radius 1 is 1.07 bits per heavy atom. The van der Waals surface area contributed by atoms with Crippen LogP contribution in [0.25, 0.3) is 0 Å². The Morgan fingerprint density at radius 2 is 1.79 bits per heavy atom. The van der Waals surface area contributed by atoms with Crippen LogP contribution in [-0.4, -0.2) is 36.4 Å². The van der Waals surface area contributed by atoms with Gasteiger partial charge in [-0.3, -0.25) is 9.59 Å². The van der Waals surface area contributed by atoms with Gasteiger partial charge in [-0.15, -0.1) is 0 Å². The first-order valence-corrected chi connectivity index (χ1v) is 10.3. The van der Waals surface area contributed by atoms with Crippen molar-refractivity contribution >= 4 is 33.4 Å². The number of hydrogen-bond acceptors (Lipinski definition) is 3. The molecule has 28 heavy (non-hydrogen) atoms. The number of benzene rings is 2. The van der Waals surface area contributed by atoms with E-state index in [0.717, 1.165) is 36.0 Å². The second-order valence-electron chi connectivity index (χ2n) is 6.62. The number of carbonyl (C=O) groups excluding carboxylic acids is 2. The molecule has 0 saturated carbocycles. The fraction of sp³-hybridized carbons (Fsp3) is 0.364. The van der Waals surface area contributed by atoms with Crippen molar-refractivity contribution in [1.82, 2.24) is 4.90 Å². The third kappa shape index (κ3) is 6.37. The van der Waals surface area contributed by atoms with Crippen molar-refractivity contribution in [3.8, 4) is 5.75 Å². The Bertz CT molecular complexity index is 817. The molecule has 2 aromatic rings. The average molecular weight is 447 g/mol. The average Bonchev–Trinajstić information content (AvgIpc) is 2.67. The summed E-state index contributed by atoms with van der Waals surface area (Å²) in [4.78, 5) is 26.8. The third-order valence-electron chi connectivity index (χ3n) is 4.16. The number of nitrogens with one attached hydrogen (secondary N) is 1. The summed E-state index contributed by atoms with van der Waals surface area (Å²) in [5, 5.41) is 2.80. The van der Waals surface area contributed by atoms with Gasteiger partial charge < -0.3 is 15.0 Å². The van der Waals surface area contributed by atoms with Crippen LogP contribution in [0.4, 0.5) is 5.69 Å². The minimum atomic E-state index is -0.272. The van der Waals surface area contributed by atoms with Crippen LogP contribution in [0.1, 0.15) is 42.6 Å². The molecule has 0 atom stereocenters. The zero-order valence-corrected chi connectivity index (χ0v) is 18.2. The van der Waals surface area contributed by atoms with Crippen LogP contribution in [0.15, 0.2) is 46.9 Å². The SMILES string of the molecule is CCCN(CCC)C(=O)c1cccc(NC(=O)COc2ccc(Br)cc2C)c1. The molecule has 0 fully saturated rings. The lowest BCUT2D eigenvalue weighted by molar-refractivity contribution is -0.118. The molecule has 6 heteroatoms. The molecule has 5 nitrogen and oxygen atoms in total. The van der Waals surface area contributed by atoms with E-state index in [9.17, 15) is 9.59 Å². The zero-order chi connectivity index (χ0) is 20.5. The third-order valence-corrected chi connectivity index (χ3v) is 4.66. The fourth-order valence-corrected chi connectivity index (χ4v) is 3.36. The summed E-state index contributed by atoms with van der Waals surface area (Å²) in [7, 11) is 0. The number of halogens is 1. The number of amides is 2. The minimum Gasteiger partial charge on any atom is -0.483 e. The smallest absolute Gasteiger partial charge is 0.262 e. The molecular weight excluding hydrogens is 420 g/mol. The lowest BCUT2D eigenvalue weighted by Gasteiger charge is -2.21. The van der Waals surface area contributed by atoms with Crippen molar-refractivity contribution < 1.29 is 14.3 Å². The summed E-state index contributed by atoms with van der Waals surface area (Å²) in [6.45, 7) is 7.39. The monoisotopic (exact) mass is 446 g/mol. The van der Waals surface area contributed by atoms with Crippen molar-refractivity contribution in [2.24, 2.45) is 0 Å². The molecule has 1 N–H and O–H groups in total. The summed E-state index contributed by atoms with van der Waals surface area (Å²) < 4.78 is 6.56. The number of aryl methyl sites for hydroxylation is 1. The summed E-state index contributed by atoms with van der Waals surface area (Å²) in [5.41, 5.74) is 2.10. The number of nitrogens with zero attached hydrogens (tertiary/aromatic N) is 1. The van der Waals surface area contributed by atoms with Crippen LogP contribution >= 0.6 is 15.9 Å². The van der Waals surface area contributed by atoms with E-state index >= 15 is 0 Å². The van der Waals surface area contributed by atoms with Gasteiger partial charge in [0.25, 0.3) is 11.8 Å². The highest BCUT2D eigenvalue weighted by atomic mass is 79.9. The second kappa shape index (κ2) is 10.9. The molecule has 0 unspecified atom stereocenters. The van der Waals surface area contributed by atoms with Gasteiger partial charge in [-0.1, -0.05) is 35.8 Å². The lowest BCUT2D eigenvalue weighted by atomic mass is 10.1. The molecule has 2 rings (SSSR count). The van der Waals surface area contributed by atoms with Gasteiger partial charge in [0.05, 0.1) is 0 Å². The first-order chi connectivity index (χ1) is 13.4. The summed E-state index contributed by atoms with van der Waals surface area (Å²) >= 11 is 3.40. The van der Waals surface area contributed by atoms with E-state index in [-0.39, 0.29) is 18.4 Å². The van der Waals surface area contributed by atoms with Crippen LogP contribution in [0.3, 0.4) is 0 Å². The highest BCUT2D eigenvalue weighted by Gasteiger charge is 2.15. The topological polar surface area (TPSA) is 58.6 Å². The minimum absolute atomic E-state index is 0.0125. The maximum absolute atomic E-state index is 12.7. The molecule has 0 aliphatic heterocycles. The van der Waals surface area contributed by atoms with Crippen LogP contribution in [0, 0.1) is 6.92 Å². The van der Waals surface area contributed by atoms with Crippen LogP contribution in [0.2, 0.25) is 0 Å². The fourth-order valence-electron chi connectivity index (χ4n) is 2.88. The Balaban J connectivity index is 1.99. The normalized spacial score (nSPS) is 10.4. The van der Waals surface area contributed by atoms with E-state index in [4.69, 9.17) is 4.74 Å². The zero-order valence-electron chi connectivity index (χ0n) is 16.6. The van der Waals surface area contributed by atoms with Crippen molar-refractivity contribution in [2.45, 2.75) is 33.6 Å². The quantitative estimate of drug-likeness (QED) is 0.586. The van der Waals surface area contributed by atoms with Crippen molar-refractivity contribution in [3.63, 3.8) is 0 Å². The molecular formula is C22H27BrN2O3. The predicted molar refractivity (Wildman–Crippen MR) is 116 cm³/mol. The largest absolute Gasteiger partial charge is 0.483 e. The lowest BCUT2D eigenvalue weighted by Crippen LogP contribution is -2.32. The van der Waals surface area contributed by atoms with Crippen molar-refractivity contribution in [1.29, 1.82) is 0 Å². The van der Waals surface area contributed by atoms with Gasteiger partial charge in [0.1, 0.15) is 5.75 Å². The number of carbonyl (C=O) groups is 2. The number of rotatable bonds is 9. The molecule has 0 radical (unpaired) electrons. The Kier molecular flexibility index (Phi) is 8.51. The summed E-state index contributed by atoms with van der Waals surface area (Å²) in [6.07, 6.45) is 1.82. The molecule has 2 aromatic carbocycles. The van der Waals surface area contributed by atoms with Gasteiger partial charge in [-0.2, -0.15) is 0 Å². The van der Waals surface area contributed by atoms with Gasteiger partial charge in [0.15, 0.2) is 6.61 Å². The molecule has 2 amide bonds.